The molecule has 7 rings (SSSR count). The zero-order valence-corrected chi connectivity index (χ0v) is 25.0. The first-order valence-corrected chi connectivity index (χ1v) is 15.7. The maximum absolute atomic E-state index is 16.7. The fourth-order valence-corrected chi connectivity index (χ4v) is 7.75. The Bertz CT molecular complexity index is 1640. The minimum absolute atomic E-state index is 0.0212. The Balaban J connectivity index is 1.30. The molecule has 0 bridgehead atoms. The molecule has 1 aliphatic carbocycles. The fourth-order valence-electron chi connectivity index (χ4n) is 7.75. The van der Waals surface area contributed by atoms with Gasteiger partial charge >= 0.3 is 6.01 Å². The number of hydrogen-bond acceptors (Lipinski definition) is 8. The number of aryl methyl sites for hydroxylation is 1. The third-order valence-electron chi connectivity index (χ3n) is 9.99. The van der Waals surface area contributed by atoms with Crippen molar-refractivity contribution >= 4 is 22.6 Å². The van der Waals surface area contributed by atoms with Gasteiger partial charge in [0.2, 0.25) is 12.5 Å². The summed E-state index contributed by atoms with van der Waals surface area (Å²) in [6, 6.07) is -0.222. The van der Waals surface area contributed by atoms with E-state index in [1.807, 2.05) is 11.1 Å². The lowest BCUT2D eigenvalue weighted by Gasteiger charge is -2.39. The zero-order valence-electron chi connectivity index (χ0n) is 25.0. The molecule has 3 aromatic heterocycles. The molecule has 0 spiro atoms. The lowest BCUT2D eigenvalue weighted by atomic mass is 9.89. The minimum Gasteiger partial charge on any atom is -0.461 e. The summed E-state index contributed by atoms with van der Waals surface area (Å²) in [6.45, 7) is 15.1. The summed E-state index contributed by atoms with van der Waals surface area (Å²) < 4.78 is 23.0. The molecule has 4 aliphatic rings. The Morgan fingerprint density at radius 2 is 1.93 bits per heavy atom. The van der Waals surface area contributed by atoms with E-state index in [0.717, 1.165) is 75.6 Å². The van der Waals surface area contributed by atoms with Crippen LogP contribution in [0.3, 0.4) is 0 Å². The van der Waals surface area contributed by atoms with Gasteiger partial charge in [0.05, 0.1) is 10.9 Å². The molecule has 1 amide bonds. The van der Waals surface area contributed by atoms with Gasteiger partial charge in [-0.25, -0.2) is 11.0 Å². The monoisotopic (exact) mass is 596 g/mol. The number of piperazine rings is 1. The Labute approximate surface area is 256 Å². The molecule has 6 heterocycles. The predicted molar refractivity (Wildman–Crippen MR) is 165 cm³/mol. The van der Waals surface area contributed by atoms with Gasteiger partial charge in [0.25, 0.3) is 0 Å². The molecule has 3 saturated heterocycles. The third kappa shape index (κ3) is 4.95. The number of carbonyl (C=O) groups is 1. The molecular formula is C33H37FN8O2. The Morgan fingerprint density at radius 3 is 2.73 bits per heavy atom. The van der Waals surface area contributed by atoms with Crippen molar-refractivity contribution < 1.29 is 13.9 Å². The standard InChI is InChI=1S/C33H37FN8O2/c1-3-27(43)42-15-14-40(20-23(42)17-35-2)31-26-19-37-29(25-18-36-16-22-8-4-5-9-24(22)25)28(34)30(26)38-32(39-31)44-21-33-10-6-12-41(33)13-7-11-33/h3,16,18-19,23H,1,4-15,17,20-21H2/t23-/m0/s1. The number of halogens is 1. The smallest absolute Gasteiger partial charge is 0.319 e. The number of aromatic nitrogens is 4. The Kier molecular flexibility index (Phi) is 7.62. The van der Waals surface area contributed by atoms with Gasteiger partial charge in [-0.1, -0.05) is 6.58 Å². The first-order valence-electron chi connectivity index (χ1n) is 15.7. The van der Waals surface area contributed by atoms with Crippen LogP contribution in [0.1, 0.15) is 49.7 Å². The number of amides is 1. The van der Waals surface area contributed by atoms with Crippen molar-refractivity contribution in [1.29, 1.82) is 0 Å². The zero-order chi connectivity index (χ0) is 30.3. The summed E-state index contributed by atoms with van der Waals surface area (Å²) in [5.41, 5.74) is 3.34. The van der Waals surface area contributed by atoms with E-state index in [9.17, 15) is 4.79 Å². The molecular weight excluding hydrogens is 559 g/mol. The third-order valence-corrected chi connectivity index (χ3v) is 9.99. The Hall–Kier alpha value is -4.17. The van der Waals surface area contributed by atoms with Crippen LogP contribution in [0.5, 0.6) is 6.01 Å². The van der Waals surface area contributed by atoms with Crippen molar-refractivity contribution in [3.8, 4) is 17.3 Å². The van der Waals surface area contributed by atoms with Crippen molar-refractivity contribution in [3.05, 3.63) is 59.6 Å². The lowest BCUT2D eigenvalue weighted by molar-refractivity contribution is -0.128. The number of hydrogen-bond donors (Lipinski definition) is 0. The maximum atomic E-state index is 16.7. The normalized spacial score (nSPS) is 21.1. The molecule has 10 nitrogen and oxygen atoms in total. The largest absolute Gasteiger partial charge is 0.461 e. The van der Waals surface area contributed by atoms with Crippen LogP contribution in [0.2, 0.25) is 0 Å². The quantitative estimate of drug-likeness (QED) is 0.296. The van der Waals surface area contributed by atoms with Gasteiger partial charge in [0.15, 0.2) is 5.82 Å². The molecule has 0 unspecified atom stereocenters. The van der Waals surface area contributed by atoms with Crippen molar-refractivity contribution in [2.24, 2.45) is 0 Å². The molecule has 3 aliphatic heterocycles. The second kappa shape index (κ2) is 11.7. The number of anilines is 1. The van der Waals surface area contributed by atoms with E-state index in [1.165, 1.54) is 6.08 Å². The topological polar surface area (TPSA) is 91.9 Å². The van der Waals surface area contributed by atoms with Gasteiger partial charge in [0.1, 0.15) is 29.7 Å². The molecule has 1 atom stereocenters. The van der Waals surface area contributed by atoms with Crippen LogP contribution in [0.4, 0.5) is 10.2 Å². The van der Waals surface area contributed by atoms with Crippen molar-refractivity contribution in [3.63, 3.8) is 0 Å². The molecule has 44 heavy (non-hydrogen) atoms. The van der Waals surface area contributed by atoms with E-state index in [0.29, 0.717) is 43.0 Å². The van der Waals surface area contributed by atoms with Crippen LogP contribution in [-0.2, 0) is 17.6 Å². The average molecular weight is 597 g/mol. The summed E-state index contributed by atoms with van der Waals surface area (Å²) in [4.78, 5) is 40.9. The highest BCUT2D eigenvalue weighted by atomic mass is 19.1. The predicted octanol–water partition coefficient (Wildman–Crippen LogP) is 4.23. The van der Waals surface area contributed by atoms with E-state index >= 15 is 4.39 Å². The summed E-state index contributed by atoms with van der Waals surface area (Å²) in [5, 5.41) is 0.475. The van der Waals surface area contributed by atoms with E-state index in [1.54, 1.807) is 17.3 Å². The van der Waals surface area contributed by atoms with Gasteiger partial charge in [-0.2, -0.15) is 9.97 Å². The number of carbonyl (C=O) groups excluding carboxylic acids is 1. The number of fused-ring (bicyclic) bond motifs is 3. The molecule has 0 radical (unpaired) electrons. The van der Waals surface area contributed by atoms with E-state index in [4.69, 9.17) is 16.3 Å². The summed E-state index contributed by atoms with van der Waals surface area (Å²) in [5.74, 6) is -0.218. The maximum Gasteiger partial charge on any atom is 0.319 e. The fraction of sp³-hybridized carbons (Fsp3) is 0.515. The Morgan fingerprint density at radius 1 is 1.11 bits per heavy atom. The second-order valence-electron chi connectivity index (χ2n) is 12.4. The summed E-state index contributed by atoms with van der Waals surface area (Å²) in [7, 11) is 0. The number of ether oxygens (including phenoxy) is 1. The molecule has 3 aromatic rings. The first kappa shape index (κ1) is 28.6. The minimum atomic E-state index is -0.517. The SMILES string of the molecule is [C-]#[N+]C[C@H]1CN(c2nc(OCC34CCCN3CCC4)nc3c(F)c(-c4cncc5c4CCCC5)ncc23)CCN1C(=O)C=C. The molecule has 11 heteroatoms. The number of nitrogens with zero attached hydrogens (tertiary/aromatic N) is 8. The number of pyridine rings is 2. The van der Waals surface area contributed by atoms with Crippen molar-refractivity contribution in [1.82, 2.24) is 29.7 Å². The van der Waals surface area contributed by atoms with E-state index in [-0.39, 0.29) is 41.3 Å². The molecule has 0 saturated carbocycles. The summed E-state index contributed by atoms with van der Waals surface area (Å²) in [6.07, 6.45) is 14.9. The van der Waals surface area contributed by atoms with E-state index < -0.39 is 5.82 Å². The van der Waals surface area contributed by atoms with Crippen LogP contribution < -0.4 is 9.64 Å². The van der Waals surface area contributed by atoms with Gasteiger partial charge < -0.3 is 19.4 Å². The lowest BCUT2D eigenvalue weighted by Crippen LogP contribution is -2.56. The van der Waals surface area contributed by atoms with Crippen LogP contribution in [-0.4, -0.2) is 93.1 Å². The molecule has 228 valence electrons. The summed E-state index contributed by atoms with van der Waals surface area (Å²) >= 11 is 0. The number of rotatable bonds is 7. The van der Waals surface area contributed by atoms with Crippen LogP contribution in [0.15, 0.2) is 31.2 Å². The van der Waals surface area contributed by atoms with Gasteiger partial charge in [-0.3, -0.25) is 19.7 Å². The van der Waals surface area contributed by atoms with Crippen molar-refractivity contribution in [2.75, 3.05) is 50.8 Å². The van der Waals surface area contributed by atoms with Gasteiger partial charge in [0, 0.05) is 43.8 Å². The highest BCUT2D eigenvalue weighted by Gasteiger charge is 2.45. The van der Waals surface area contributed by atoms with Crippen LogP contribution in [0.25, 0.3) is 27.0 Å². The van der Waals surface area contributed by atoms with E-state index in [2.05, 4.69) is 31.3 Å². The highest BCUT2D eigenvalue weighted by molar-refractivity contribution is 5.92. The second-order valence-corrected chi connectivity index (χ2v) is 12.4. The molecule has 3 fully saturated rings. The first-order chi connectivity index (χ1) is 21.5. The van der Waals surface area contributed by atoms with Crippen molar-refractivity contribution in [2.45, 2.75) is 62.9 Å². The van der Waals surface area contributed by atoms with Crippen LogP contribution >= 0.6 is 0 Å². The highest BCUT2D eigenvalue weighted by Crippen LogP contribution is 2.40. The average Bonchev–Trinajstić information content (AvgIpc) is 3.64. The molecule has 0 aromatic carbocycles. The molecule has 0 N–H and O–H groups in total. The van der Waals surface area contributed by atoms with Gasteiger partial charge in [-0.05, 0) is 81.7 Å². The van der Waals surface area contributed by atoms with Gasteiger partial charge in [-0.15, -0.1) is 0 Å². The van der Waals surface area contributed by atoms with Crippen LogP contribution in [0, 0.1) is 12.4 Å².